The molecule has 0 aromatic rings. The molecule has 0 aromatic heterocycles. The van der Waals surface area contributed by atoms with Gasteiger partial charge in [-0.15, -0.1) is 0 Å². The number of carbonyl (C=O) groups is 2. The number of rotatable bonds is 0. The van der Waals surface area contributed by atoms with E-state index in [9.17, 15) is 14.7 Å². The fraction of sp³-hybridized carbons (Fsp3) is 0.647. The van der Waals surface area contributed by atoms with E-state index in [1.54, 1.807) is 0 Å². The highest BCUT2D eigenvalue weighted by atomic mass is 16.3. The van der Waals surface area contributed by atoms with Crippen LogP contribution in [-0.2, 0) is 4.79 Å². The van der Waals surface area contributed by atoms with Crippen molar-refractivity contribution in [2.75, 3.05) is 0 Å². The zero-order chi connectivity index (χ0) is 14.6. The molecule has 7 fully saturated rings. The summed E-state index contributed by atoms with van der Waals surface area (Å²) in [5, 5.41) is 17.4. The van der Waals surface area contributed by atoms with E-state index < -0.39 is 22.6 Å². The van der Waals surface area contributed by atoms with Crippen molar-refractivity contribution in [2.45, 2.75) is 17.6 Å². The van der Waals surface area contributed by atoms with Crippen molar-refractivity contribution in [3.8, 4) is 0 Å². The van der Waals surface area contributed by atoms with E-state index in [0.717, 1.165) is 6.42 Å². The maximum absolute atomic E-state index is 12.9. The average Bonchev–Trinajstić information content (AvgIpc) is 3.15. The topological polar surface area (TPSA) is 78.4 Å². The number of nitrogens with one attached hydrogen (secondary N) is 2. The highest BCUT2D eigenvalue weighted by Crippen LogP contribution is 2.93. The molecule has 112 valence electrons. The summed E-state index contributed by atoms with van der Waals surface area (Å²) in [7, 11) is 0. The van der Waals surface area contributed by atoms with Crippen LogP contribution in [0.2, 0.25) is 0 Å². The zero-order valence-electron chi connectivity index (χ0n) is 11.8. The minimum absolute atomic E-state index is 0.108. The van der Waals surface area contributed by atoms with Crippen LogP contribution in [0.3, 0.4) is 0 Å². The fourth-order valence-electron chi connectivity index (χ4n) is 9.01. The summed E-state index contributed by atoms with van der Waals surface area (Å²) in [6.45, 7) is 0. The summed E-state index contributed by atoms with van der Waals surface area (Å²) < 4.78 is 0. The maximum atomic E-state index is 12.9. The number of aliphatic hydroxyl groups is 1. The average molecular weight is 296 g/mol. The van der Waals surface area contributed by atoms with Gasteiger partial charge in [0.2, 0.25) is 0 Å². The predicted molar refractivity (Wildman–Crippen MR) is 74.1 cm³/mol. The van der Waals surface area contributed by atoms with E-state index in [0.29, 0.717) is 23.7 Å². The number of hydrogen-bond acceptors (Lipinski definition) is 3. The molecule has 3 N–H and O–H groups in total. The lowest BCUT2D eigenvalue weighted by Gasteiger charge is -2.47. The number of allylic oxidation sites excluding steroid dienone is 2. The highest BCUT2D eigenvalue weighted by Gasteiger charge is 2.99. The van der Waals surface area contributed by atoms with Crippen LogP contribution in [0.1, 0.15) is 6.42 Å². The molecule has 1 unspecified atom stereocenters. The van der Waals surface area contributed by atoms with Crippen LogP contribution < -0.4 is 10.6 Å². The summed E-state index contributed by atoms with van der Waals surface area (Å²) in [5.74, 6) is 2.04. The van der Waals surface area contributed by atoms with E-state index in [1.807, 2.05) is 12.2 Å². The van der Waals surface area contributed by atoms with E-state index >= 15 is 0 Å². The number of imide groups is 1. The number of urea groups is 1. The first-order valence-electron chi connectivity index (χ1n) is 8.31. The second-order valence-electron chi connectivity index (χ2n) is 8.40. The quantitative estimate of drug-likeness (QED) is 0.558. The largest absolute Gasteiger partial charge is 0.388 e. The number of carbonyl (C=O) groups excluding carboxylic acids is 2. The molecule has 10 atom stereocenters. The zero-order valence-corrected chi connectivity index (χ0v) is 11.8. The van der Waals surface area contributed by atoms with Crippen molar-refractivity contribution in [1.29, 1.82) is 0 Å². The molecule has 0 aromatic carbocycles. The van der Waals surface area contributed by atoms with E-state index in [-0.39, 0.29) is 23.7 Å². The molecule has 8 aliphatic rings. The van der Waals surface area contributed by atoms with Gasteiger partial charge in [0.15, 0.2) is 0 Å². The van der Waals surface area contributed by atoms with Crippen molar-refractivity contribution >= 4 is 11.9 Å². The normalized spacial score (nSPS) is 69.6. The molecule has 6 saturated carbocycles. The van der Waals surface area contributed by atoms with Crippen LogP contribution in [0, 0.1) is 46.8 Å². The van der Waals surface area contributed by atoms with Crippen LogP contribution in [-0.4, -0.2) is 28.2 Å². The first-order chi connectivity index (χ1) is 10.6. The smallest absolute Gasteiger partial charge is 0.322 e. The summed E-state index contributed by atoms with van der Waals surface area (Å²) >= 11 is 0. The standard InChI is InChI=1S/C17H16N2O3/c20-13-16(19-14(21)18-13)11-7-5-6-9-8-3-1-2-4-15(16,10(7)9)17(8,22)12(6)11/h1-4,6-12,22H,5H2,(H2,18,19,20,21)/t6-,7+,8+,9-,10-,11-,12+,15+,16-,17?/m1/s1. The minimum Gasteiger partial charge on any atom is -0.388 e. The van der Waals surface area contributed by atoms with Gasteiger partial charge in [0, 0.05) is 11.8 Å². The van der Waals surface area contributed by atoms with Gasteiger partial charge in [-0.25, -0.2) is 4.79 Å². The Morgan fingerprint density at radius 1 is 1.14 bits per heavy atom. The molecule has 2 spiro atoms. The van der Waals surface area contributed by atoms with Crippen LogP contribution in [0.15, 0.2) is 24.3 Å². The molecule has 5 heteroatoms. The first kappa shape index (κ1) is 11.0. The van der Waals surface area contributed by atoms with Crippen LogP contribution >= 0.6 is 0 Å². The van der Waals surface area contributed by atoms with Crippen molar-refractivity contribution in [3.63, 3.8) is 0 Å². The lowest BCUT2D eigenvalue weighted by Crippen LogP contribution is -2.63. The third-order valence-electron chi connectivity index (χ3n) is 8.68. The molecule has 7 aliphatic carbocycles. The molecule has 22 heavy (non-hydrogen) atoms. The molecule has 1 saturated heterocycles. The van der Waals surface area contributed by atoms with Gasteiger partial charge in [0.1, 0.15) is 5.54 Å². The lowest BCUT2D eigenvalue weighted by atomic mass is 9.59. The number of amides is 3. The van der Waals surface area contributed by atoms with Gasteiger partial charge in [-0.05, 0) is 36.0 Å². The highest BCUT2D eigenvalue weighted by molar-refractivity contribution is 6.09. The summed E-state index contributed by atoms with van der Waals surface area (Å²) in [6, 6.07) is -0.391. The van der Waals surface area contributed by atoms with Gasteiger partial charge in [0.25, 0.3) is 5.91 Å². The van der Waals surface area contributed by atoms with Crippen molar-refractivity contribution in [1.82, 2.24) is 10.6 Å². The summed E-state index contributed by atoms with van der Waals surface area (Å²) in [4.78, 5) is 24.9. The monoisotopic (exact) mass is 296 g/mol. The van der Waals surface area contributed by atoms with Gasteiger partial charge in [-0.3, -0.25) is 10.1 Å². The van der Waals surface area contributed by atoms with Gasteiger partial charge in [0.05, 0.1) is 11.0 Å². The Morgan fingerprint density at radius 2 is 2.00 bits per heavy atom. The molecular formula is C17H16N2O3. The Balaban J connectivity index is 1.65. The summed E-state index contributed by atoms with van der Waals surface area (Å²) in [6.07, 6.45) is 9.37. The van der Waals surface area contributed by atoms with Crippen LogP contribution in [0.5, 0.6) is 0 Å². The van der Waals surface area contributed by atoms with Crippen molar-refractivity contribution in [3.05, 3.63) is 24.3 Å². The Labute approximate surface area is 126 Å². The molecule has 8 rings (SSSR count). The van der Waals surface area contributed by atoms with Crippen LogP contribution in [0.4, 0.5) is 4.79 Å². The molecular weight excluding hydrogens is 280 g/mol. The Kier molecular flexibility index (Phi) is 1.29. The summed E-state index contributed by atoms with van der Waals surface area (Å²) in [5.41, 5.74) is -2.38. The van der Waals surface area contributed by atoms with E-state index in [2.05, 4.69) is 22.8 Å². The first-order valence-corrected chi connectivity index (χ1v) is 8.31. The van der Waals surface area contributed by atoms with Crippen molar-refractivity contribution < 1.29 is 14.7 Å². The second kappa shape index (κ2) is 2.58. The fourth-order valence-corrected chi connectivity index (χ4v) is 9.01. The second-order valence-corrected chi connectivity index (χ2v) is 8.40. The Hall–Kier alpha value is -1.62. The molecule has 7 bridgehead atoms. The predicted octanol–water partition coefficient (Wildman–Crippen LogP) is 0.180. The molecule has 3 amide bonds. The van der Waals surface area contributed by atoms with Gasteiger partial charge < -0.3 is 10.4 Å². The lowest BCUT2D eigenvalue weighted by molar-refractivity contribution is -0.134. The Bertz CT molecular complexity index is 774. The number of hydrogen-bond donors (Lipinski definition) is 3. The van der Waals surface area contributed by atoms with E-state index in [1.165, 1.54) is 0 Å². The SMILES string of the molecule is O=C1NC(=O)[C@]2(N1)[C@@H]1[C@H]3C[C@@H]4[C@H]5[C@@H]3[C@@]23C=CC=C[C@@H]5C3(O)[C@@H]41. The molecule has 1 heterocycles. The Morgan fingerprint density at radius 3 is 2.77 bits per heavy atom. The van der Waals surface area contributed by atoms with Gasteiger partial charge >= 0.3 is 6.03 Å². The molecule has 0 radical (unpaired) electrons. The molecule has 5 nitrogen and oxygen atoms in total. The van der Waals surface area contributed by atoms with Gasteiger partial charge in [-0.1, -0.05) is 24.3 Å². The third-order valence-corrected chi connectivity index (χ3v) is 8.68. The van der Waals surface area contributed by atoms with Crippen LogP contribution in [0.25, 0.3) is 0 Å². The minimum atomic E-state index is -0.917. The van der Waals surface area contributed by atoms with Crippen molar-refractivity contribution in [2.24, 2.45) is 46.8 Å². The van der Waals surface area contributed by atoms with Gasteiger partial charge in [-0.2, -0.15) is 0 Å². The van der Waals surface area contributed by atoms with E-state index in [4.69, 9.17) is 0 Å². The maximum Gasteiger partial charge on any atom is 0.322 e. The third kappa shape index (κ3) is 0.610. The molecule has 1 aliphatic heterocycles.